The van der Waals surface area contributed by atoms with E-state index in [0.29, 0.717) is 13.2 Å². The molecule has 0 radical (unpaired) electrons. The normalized spacial score (nSPS) is 10.7. The second-order valence-corrected chi connectivity index (χ2v) is 3.24. The van der Waals surface area contributed by atoms with Crippen molar-refractivity contribution in [3.63, 3.8) is 0 Å². The van der Waals surface area contributed by atoms with Crippen molar-refractivity contribution in [2.24, 2.45) is 0 Å². The van der Waals surface area contributed by atoms with Gasteiger partial charge in [0.25, 0.3) is 0 Å². The van der Waals surface area contributed by atoms with Gasteiger partial charge in [0.2, 0.25) is 0 Å². The number of aromatic nitrogens is 1. The van der Waals surface area contributed by atoms with Crippen LogP contribution in [0.4, 0.5) is 0 Å². The third kappa shape index (κ3) is 2.30. The smallest absolute Gasteiger partial charge is 0.144 e. The number of fused-ring (bicyclic) bond motifs is 1. The van der Waals surface area contributed by atoms with Gasteiger partial charge in [0.15, 0.2) is 0 Å². The third-order valence-corrected chi connectivity index (χ3v) is 2.24. The monoisotopic (exact) mass is 205 g/mol. The molecule has 0 saturated heterocycles. The summed E-state index contributed by atoms with van der Waals surface area (Å²) in [5.74, 6) is 0.894. The van der Waals surface area contributed by atoms with Gasteiger partial charge in [-0.3, -0.25) is 0 Å². The minimum atomic E-state index is 0.593. The van der Waals surface area contributed by atoms with E-state index in [1.165, 1.54) is 0 Å². The van der Waals surface area contributed by atoms with Crippen molar-refractivity contribution in [3.05, 3.63) is 30.5 Å². The van der Waals surface area contributed by atoms with E-state index in [1.807, 2.05) is 37.4 Å². The van der Waals surface area contributed by atoms with E-state index < -0.39 is 0 Å². The molecule has 0 amide bonds. The first-order chi connectivity index (χ1) is 7.42. The summed E-state index contributed by atoms with van der Waals surface area (Å²) in [7, 11) is 0. The molecule has 15 heavy (non-hydrogen) atoms. The Morgan fingerprint density at radius 3 is 2.93 bits per heavy atom. The lowest BCUT2D eigenvalue weighted by molar-refractivity contribution is 0.111. The van der Waals surface area contributed by atoms with Crippen LogP contribution in [0.3, 0.4) is 0 Å². The topological polar surface area (TPSA) is 34.2 Å². The molecule has 0 fully saturated rings. The van der Waals surface area contributed by atoms with Crippen LogP contribution in [0, 0.1) is 0 Å². The van der Waals surface area contributed by atoms with Crippen LogP contribution in [0.25, 0.3) is 10.9 Å². The molecular formula is C12H15NO2. The summed E-state index contributed by atoms with van der Waals surface area (Å²) in [4.78, 5) is 3.16. The van der Waals surface area contributed by atoms with Gasteiger partial charge in [-0.1, -0.05) is 12.1 Å². The first kappa shape index (κ1) is 10.1. The van der Waals surface area contributed by atoms with Crippen LogP contribution < -0.4 is 4.74 Å². The van der Waals surface area contributed by atoms with Crippen LogP contribution in [-0.2, 0) is 4.74 Å². The highest BCUT2D eigenvalue weighted by Gasteiger charge is 2.02. The molecule has 1 heterocycles. The predicted molar refractivity (Wildman–Crippen MR) is 60.3 cm³/mol. The Hall–Kier alpha value is -1.48. The Labute approximate surface area is 89.0 Å². The van der Waals surface area contributed by atoms with Gasteiger partial charge in [0.1, 0.15) is 12.4 Å². The van der Waals surface area contributed by atoms with E-state index in [4.69, 9.17) is 9.47 Å². The minimum Gasteiger partial charge on any atom is -0.489 e. The maximum absolute atomic E-state index is 5.61. The Kier molecular flexibility index (Phi) is 3.25. The van der Waals surface area contributed by atoms with Gasteiger partial charge in [-0.05, 0) is 19.1 Å². The number of aromatic amines is 1. The number of hydrogen-bond acceptors (Lipinski definition) is 2. The van der Waals surface area contributed by atoms with Crippen LogP contribution in [0.2, 0.25) is 0 Å². The third-order valence-electron chi connectivity index (χ3n) is 2.24. The van der Waals surface area contributed by atoms with Crippen LogP contribution >= 0.6 is 0 Å². The molecule has 3 nitrogen and oxygen atoms in total. The average Bonchev–Trinajstić information content (AvgIpc) is 2.68. The first-order valence-corrected chi connectivity index (χ1v) is 5.18. The molecule has 0 aliphatic heterocycles. The van der Waals surface area contributed by atoms with Crippen molar-refractivity contribution >= 4 is 10.9 Å². The summed E-state index contributed by atoms with van der Waals surface area (Å²) in [5.41, 5.74) is 1.10. The van der Waals surface area contributed by atoms with Crippen molar-refractivity contribution in [2.75, 3.05) is 19.8 Å². The van der Waals surface area contributed by atoms with E-state index in [-0.39, 0.29) is 0 Å². The molecule has 0 unspecified atom stereocenters. The molecule has 0 saturated carbocycles. The lowest BCUT2D eigenvalue weighted by Crippen LogP contribution is -2.05. The van der Waals surface area contributed by atoms with E-state index in [1.54, 1.807) is 0 Å². The Bertz CT molecular complexity index is 422. The fraction of sp³-hybridized carbons (Fsp3) is 0.333. The van der Waals surface area contributed by atoms with Crippen molar-refractivity contribution in [1.29, 1.82) is 0 Å². The Morgan fingerprint density at radius 1 is 1.20 bits per heavy atom. The zero-order chi connectivity index (χ0) is 10.5. The summed E-state index contributed by atoms with van der Waals surface area (Å²) in [6.07, 6.45) is 1.89. The maximum atomic E-state index is 5.61. The molecule has 3 heteroatoms. The number of H-pyrrole nitrogens is 1. The molecule has 1 N–H and O–H groups in total. The lowest BCUT2D eigenvalue weighted by atomic mass is 10.2. The highest BCUT2D eigenvalue weighted by atomic mass is 16.5. The molecule has 0 bridgehead atoms. The quantitative estimate of drug-likeness (QED) is 0.761. The molecule has 2 rings (SSSR count). The van der Waals surface area contributed by atoms with Crippen LogP contribution in [0.5, 0.6) is 5.75 Å². The molecule has 0 aliphatic rings. The zero-order valence-corrected chi connectivity index (χ0v) is 8.82. The second kappa shape index (κ2) is 4.84. The summed E-state index contributed by atoms with van der Waals surface area (Å²) < 4.78 is 10.8. The van der Waals surface area contributed by atoms with Crippen LogP contribution in [-0.4, -0.2) is 24.8 Å². The largest absolute Gasteiger partial charge is 0.489 e. The van der Waals surface area contributed by atoms with Gasteiger partial charge in [0.05, 0.1) is 6.61 Å². The van der Waals surface area contributed by atoms with E-state index in [2.05, 4.69) is 4.98 Å². The van der Waals surface area contributed by atoms with Crippen LogP contribution in [0.15, 0.2) is 30.5 Å². The summed E-state index contributed by atoms with van der Waals surface area (Å²) >= 11 is 0. The summed E-state index contributed by atoms with van der Waals surface area (Å²) in [5, 5.41) is 1.12. The lowest BCUT2D eigenvalue weighted by Gasteiger charge is -2.04. The summed E-state index contributed by atoms with van der Waals surface area (Å²) in [6.45, 7) is 3.94. The first-order valence-electron chi connectivity index (χ1n) is 5.18. The molecule has 2 aromatic rings. The number of para-hydroxylation sites is 1. The van der Waals surface area contributed by atoms with Gasteiger partial charge in [0, 0.05) is 23.7 Å². The number of ether oxygens (including phenoxy) is 2. The molecule has 80 valence electrons. The second-order valence-electron chi connectivity index (χ2n) is 3.24. The van der Waals surface area contributed by atoms with Crippen molar-refractivity contribution in [3.8, 4) is 5.75 Å². The molecule has 0 atom stereocenters. The van der Waals surface area contributed by atoms with Gasteiger partial charge in [-0.15, -0.1) is 0 Å². The van der Waals surface area contributed by atoms with Crippen LogP contribution in [0.1, 0.15) is 6.92 Å². The molecule has 1 aromatic carbocycles. The van der Waals surface area contributed by atoms with Crippen molar-refractivity contribution < 1.29 is 9.47 Å². The van der Waals surface area contributed by atoms with Gasteiger partial charge < -0.3 is 14.5 Å². The predicted octanol–water partition coefficient (Wildman–Crippen LogP) is 2.58. The molecule has 0 spiro atoms. The molecule has 1 aromatic heterocycles. The SMILES string of the molecule is CCOCCOc1c[nH]c2ccccc12. The minimum absolute atomic E-state index is 0.593. The number of rotatable bonds is 5. The summed E-state index contributed by atoms with van der Waals surface area (Å²) in [6, 6.07) is 8.08. The number of benzene rings is 1. The molecule has 0 aliphatic carbocycles. The van der Waals surface area contributed by atoms with E-state index in [0.717, 1.165) is 23.3 Å². The van der Waals surface area contributed by atoms with Gasteiger partial charge in [-0.2, -0.15) is 0 Å². The average molecular weight is 205 g/mol. The standard InChI is InChI=1S/C12H15NO2/c1-2-14-7-8-15-12-9-13-11-6-4-3-5-10(11)12/h3-6,9,13H,2,7-8H2,1H3. The van der Waals surface area contributed by atoms with Crippen molar-refractivity contribution in [1.82, 2.24) is 4.98 Å². The Balaban J connectivity index is 2.02. The van der Waals surface area contributed by atoms with Gasteiger partial charge >= 0.3 is 0 Å². The Morgan fingerprint density at radius 2 is 2.07 bits per heavy atom. The highest BCUT2D eigenvalue weighted by Crippen LogP contribution is 2.24. The van der Waals surface area contributed by atoms with E-state index in [9.17, 15) is 0 Å². The fourth-order valence-corrected chi connectivity index (χ4v) is 1.52. The number of nitrogens with one attached hydrogen (secondary N) is 1. The fourth-order valence-electron chi connectivity index (χ4n) is 1.52. The number of hydrogen-bond donors (Lipinski definition) is 1. The van der Waals surface area contributed by atoms with Crippen molar-refractivity contribution in [2.45, 2.75) is 6.92 Å². The van der Waals surface area contributed by atoms with Gasteiger partial charge in [-0.25, -0.2) is 0 Å². The highest BCUT2D eigenvalue weighted by molar-refractivity contribution is 5.85. The maximum Gasteiger partial charge on any atom is 0.144 e. The zero-order valence-electron chi connectivity index (χ0n) is 8.82. The molecular weight excluding hydrogens is 190 g/mol. The van der Waals surface area contributed by atoms with E-state index >= 15 is 0 Å².